The molecule has 0 aliphatic heterocycles. The van der Waals surface area contributed by atoms with Crippen LogP contribution in [0.1, 0.15) is 35.7 Å². The van der Waals surface area contributed by atoms with Gasteiger partial charge in [-0.25, -0.2) is 0 Å². The smallest absolute Gasteiger partial charge is 0.322 e. The average Bonchev–Trinajstić information content (AvgIpc) is 2.36. The Labute approximate surface area is 117 Å². The van der Waals surface area contributed by atoms with Gasteiger partial charge in [-0.15, -0.1) is 0 Å². The SMILES string of the molecule is CC(C)c1ccc(C(=O)NC(=S)NCC(=O)O)cc1. The quantitative estimate of drug-likeness (QED) is 0.728. The number of nitrogens with one attached hydrogen (secondary N) is 2. The van der Waals surface area contributed by atoms with Crippen LogP contribution in [0, 0.1) is 0 Å². The second-order valence-electron chi connectivity index (χ2n) is 4.31. The van der Waals surface area contributed by atoms with Gasteiger partial charge in [0.25, 0.3) is 5.91 Å². The molecule has 0 aliphatic rings. The average molecular weight is 280 g/mol. The fourth-order valence-electron chi connectivity index (χ4n) is 1.39. The molecule has 0 aliphatic carbocycles. The molecule has 5 nitrogen and oxygen atoms in total. The number of carboxylic acids is 1. The van der Waals surface area contributed by atoms with Gasteiger partial charge >= 0.3 is 5.97 Å². The van der Waals surface area contributed by atoms with E-state index in [0.717, 1.165) is 5.56 Å². The van der Waals surface area contributed by atoms with Gasteiger partial charge in [0.15, 0.2) is 5.11 Å². The number of carboxylic acid groups (broad SMARTS) is 1. The number of benzene rings is 1. The van der Waals surface area contributed by atoms with Gasteiger partial charge in [0, 0.05) is 5.56 Å². The molecule has 1 aromatic carbocycles. The number of aliphatic carboxylic acids is 1. The molecule has 0 heterocycles. The maximum Gasteiger partial charge on any atom is 0.322 e. The summed E-state index contributed by atoms with van der Waals surface area (Å²) in [5.74, 6) is -1.01. The van der Waals surface area contributed by atoms with Crippen molar-refractivity contribution in [3.05, 3.63) is 35.4 Å². The Balaban J connectivity index is 2.58. The first-order valence-electron chi connectivity index (χ1n) is 5.81. The summed E-state index contributed by atoms with van der Waals surface area (Å²) in [4.78, 5) is 22.1. The molecule has 0 fully saturated rings. The molecule has 102 valence electrons. The minimum atomic E-state index is -1.04. The molecule has 0 radical (unpaired) electrons. The molecule has 0 aromatic heterocycles. The maximum absolute atomic E-state index is 11.8. The monoisotopic (exact) mass is 280 g/mol. The third-order valence-electron chi connectivity index (χ3n) is 2.47. The number of carbonyl (C=O) groups is 2. The lowest BCUT2D eigenvalue weighted by Crippen LogP contribution is -2.41. The Hall–Kier alpha value is -1.95. The highest BCUT2D eigenvalue weighted by Gasteiger charge is 2.09. The van der Waals surface area contributed by atoms with Crippen molar-refractivity contribution in [2.75, 3.05) is 6.54 Å². The lowest BCUT2D eigenvalue weighted by molar-refractivity contribution is -0.135. The van der Waals surface area contributed by atoms with Gasteiger partial charge < -0.3 is 10.4 Å². The minimum absolute atomic E-state index is 0.000311. The molecule has 1 rings (SSSR count). The van der Waals surface area contributed by atoms with Crippen molar-refractivity contribution in [3.63, 3.8) is 0 Å². The molecule has 3 N–H and O–H groups in total. The van der Waals surface area contributed by atoms with Crippen LogP contribution in [0.3, 0.4) is 0 Å². The first-order valence-corrected chi connectivity index (χ1v) is 6.22. The zero-order valence-electron chi connectivity index (χ0n) is 10.8. The molecule has 0 saturated heterocycles. The second kappa shape index (κ2) is 6.84. The molecule has 0 bridgehead atoms. The summed E-state index contributed by atoms with van der Waals surface area (Å²) in [5, 5.41) is 13.3. The number of amides is 1. The molecular weight excluding hydrogens is 264 g/mol. The normalized spacial score (nSPS) is 10.1. The van der Waals surface area contributed by atoms with E-state index < -0.39 is 5.97 Å². The first kappa shape index (κ1) is 15.1. The molecule has 1 aromatic rings. The second-order valence-corrected chi connectivity index (χ2v) is 4.72. The number of rotatable bonds is 4. The van der Waals surface area contributed by atoms with Crippen molar-refractivity contribution in [2.24, 2.45) is 0 Å². The van der Waals surface area contributed by atoms with E-state index in [9.17, 15) is 9.59 Å². The van der Waals surface area contributed by atoms with Crippen molar-refractivity contribution in [1.29, 1.82) is 0 Å². The van der Waals surface area contributed by atoms with Gasteiger partial charge in [0.1, 0.15) is 6.54 Å². The van der Waals surface area contributed by atoms with Crippen LogP contribution in [0.4, 0.5) is 0 Å². The highest BCUT2D eigenvalue weighted by atomic mass is 32.1. The van der Waals surface area contributed by atoms with Gasteiger partial charge in [-0.3, -0.25) is 14.9 Å². The zero-order valence-corrected chi connectivity index (χ0v) is 11.6. The van der Waals surface area contributed by atoms with Gasteiger partial charge in [0.2, 0.25) is 0 Å². The molecule has 0 spiro atoms. The Morgan fingerprint density at radius 1 is 1.26 bits per heavy atom. The Morgan fingerprint density at radius 3 is 2.32 bits per heavy atom. The van der Waals surface area contributed by atoms with Crippen molar-refractivity contribution in [1.82, 2.24) is 10.6 Å². The van der Waals surface area contributed by atoms with Crippen LogP contribution >= 0.6 is 12.2 Å². The molecule has 19 heavy (non-hydrogen) atoms. The first-order chi connectivity index (χ1) is 8.90. The van der Waals surface area contributed by atoms with Crippen LogP contribution in [0.2, 0.25) is 0 Å². The lowest BCUT2D eigenvalue weighted by atomic mass is 10.0. The van der Waals surface area contributed by atoms with Crippen LogP contribution in [0.5, 0.6) is 0 Å². The van der Waals surface area contributed by atoms with E-state index in [1.54, 1.807) is 12.1 Å². The van der Waals surface area contributed by atoms with E-state index in [0.29, 0.717) is 11.5 Å². The largest absolute Gasteiger partial charge is 0.480 e. The topological polar surface area (TPSA) is 78.4 Å². The summed E-state index contributed by atoms with van der Waals surface area (Å²) in [7, 11) is 0. The molecule has 0 atom stereocenters. The summed E-state index contributed by atoms with van der Waals surface area (Å²) in [5.41, 5.74) is 1.62. The zero-order chi connectivity index (χ0) is 14.4. The summed E-state index contributed by atoms with van der Waals surface area (Å²) in [6.07, 6.45) is 0. The third kappa shape index (κ3) is 5.05. The van der Waals surface area contributed by atoms with Crippen LogP contribution in [-0.2, 0) is 4.79 Å². The maximum atomic E-state index is 11.8. The number of hydrogen-bond acceptors (Lipinski definition) is 3. The van der Waals surface area contributed by atoms with Crippen molar-refractivity contribution < 1.29 is 14.7 Å². The van der Waals surface area contributed by atoms with Gasteiger partial charge in [-0.1, -0.05) is 26.0 Å². The number of hydrogen-bond donors (Lipinski definition) is 3. The van der Waals surface area contributed by atoms with Gasteiger partial charge in [-0.2, -0.15) is 0 Å². The van der Waals surface area contributed by atoms with E-state index in [4.69, 9.17) is 17.3 Å². The summed E-state index contributed by atoms with van der Waals surface area (Å²) in [6, 6.07) is 7.19. The molecule has 1 amide bonds. The van der Waals surface area contributed by atoms with E-state index in [2.05, 4.69) is 24.5 Å². The van der Waals surface area contributed by atoms with E-state index in [1.807, 2.05) is 12.1 Å². The van der Waals surface area contributed by atoms with Crippen molar-refractivity contribution >= 4 is 29.2 Å². The highest BCUT2D eigenvalue weighted by Crippen LogP contribution is 2.14. The number of thiocarbonyl (C=S) groups is 1. The Morgan fingerprint density at radius 2 is 1.84 bits per heavy atom. The third-order valence-corrected chi connectivity index (χ3v) is 2.71. The van der Waals surface area contributed by atoms with Crippen LogP contribution < -0.4 is 10.6 Å². The molecule has 0 unspecified atom stereocenters. The van der Waals surface area contributed by atoms with Crippen molar-refractivity contribution in [3.8, 4) is 0 Å². The predicted molar refractivity (Wildman–Crippen MR) is 76.2 cm³/mol. The Kier molecular flexibility index (Phi) is 5.44. The molecule has 0 saturated carbocycles. The molecular formula is C13H16N2O3S. The van der Waals surface area contributed by atoms with Crippen molar-refractivity contribution in [2.45, 2.75) is 19.8 Å². The van der Waals surface area contributed by atoms with Crippen LogP contribution in [0.15, 0.2) is 24.3 Å². The highest BCUT2D eigenvalue weighted by molar-refractivity contribution is 7.80. The Bertz CT molecular complexity index is 483. The van der Waals surface area contributed by atoms with Crippen LogP contribution in [-0.4, -0.2) is 28.6 Å². The van der Waals surface area contributed by atoms with Crippen LogP contribution in [0.25, 0.3) is 0 Å². The van der Waals surface area contributed by atoms with E-state index in [1.165, 1.54) is 0 Å². The van der Waals surface area contributed by atoms with E-state index in [-0.39, 0.29) is 17.6 Å². The predicted octanol–water partition coefficient (Wildman–Crippen LogP) is 1.50. The lowest BCUT2D eigenvalue weighted by Gasteiger charge is -2.09. The van der Waals surface area contributed by atoms with E-state index >= 15 is 0 Å². The standard InChI is InChI=1S/C13H16N2O3S/c1-8(2)9-3-5-10(6-4-9)12(18)15-13(19)14-7-11(16)17/h3-6,8H,7H2,1-2H3,(H,16,17)(H2,14,15,18,19). The van der Waals surface area contributed by atoms with Gasteiger partial charge in [0.05, 0.1) is 0 Å². The summed E-state index contributed by atoms with van der Waals surface area (Å²) in [6.45, 7) is 3.81. The van der Waals surface area contributed by atoms with Gasteiger partial charge in [-0.05, 0) is 35.8 Å². The number of carbonyl (C=O) groups excluding carboxylic acids is 1. The minimum Gasteiger partial charge on any atom is -0.480 e. The summed E-state index contributed by atoms with van der Waals surface area (Å²) < 4.78 is 0. The molecule has 6 heteroatoms. The fourth-order valence-corrected chi connectivity index (χ4v) is 1.56. The summed E-state index contributed by atoms with van der Waals surface area (Å²) >= 11 is 4.81. The fraction of sp³-hybridized carbons (Fsp3) is 0.308.